The van der Waals surface area contributed by atoms with Crippen molar-refractivity contribution in [2.24, 2.45) is 0 Å². The minimum absolute atomic E-state index is 0.118. The van der Waals surface area contributed by atoms with Gasteiger partial charge in [0.15, 0.2) is 0 Å². The largest absolute Gasteiger partial charge is 0.468 e. The summed E-state index contributed by atoms with van der Waals surface area (Å²) in [4.78, 5) is 29.3. The predicted molar refractivity (Wildman–Crippen MR) is 134 cm³/mol. The highest BCUT2D eigenvalue weighted by molar-refractivity contribution is 5.84. The van der Waals surface area contributed by atoms with Crippen LogP contribution >= 0.6 is 0 Å². The third kappa shape index (κ3) is 3.23. The first-order valence-electron chi connectivity index (χ1n) is 12.1. The SMILES string of the molecule is COC(=O)[C@]12CCCN1[C@@H](C(C)c1ccccc1)[C@@](c1ccccc1)([N+](=O)[O-])[C@@H]2c1ccccc1. The van der Waals surface area contributed by atoms with Gasteiger partial charge in [-0.25, -0.2) is 0 Å². The van der Waals surface area contributed by atoms with Crippen LogP contribution in [-0.4, -0.2) is 41.0 Å². The molecule has 2 heterocycles. The molecule has 0 aromatic heterocycles. The minimum Gasteiger partial charge on any atom is -0.468 e. The lowest BCUT2D eigenvalue weighted by atomic mass is 9.64. The number of nitro groups is 1. The second kappa shape index (κ2) is 8.93. The van der Waals surface area contributed by atoms with E-state index in [1.54, 1.807) is 0 Å². The Morgan fingerprint density at radius 2 is 1.57 bits per heavy atom. The van der Waals surface area contributed by atoms with Gasteiger partial charge in [0, 0.05) is 16.4 Å². The Balaban J connectivity index is 1.88. The summed E-state index contributed by atoms with van der Waals surface area (Å²) in [7, 11) is 1.39. The van der Waals surface area contributed by atoms with Gasteiger partial charge in [-0.2, -0.15) is 0 Å². The van der Waals surface area contributed by atoms with Gasteiger partial charge in [0.25, 0.3) is 5.54 Å². The Kier molecular flexibility index (Phi) is 5.93. The van der Waals surface area contributed by atoms with E-state index in [0.29, 0.717) is 18.5 Å². The molecule has 0 saturated carbocycles. The molecule has 1 unspecified atom stereocenters. The van der Waals surface area contributed by atoms with E-state index in [9.17, 15) is 14.9 Å². The van der Waals surface area contributed by atoms with E-state index in [2.05, 4.69) is 11.8 Å². The zero-order valence-corrected chi connectivity index (χ0v) is 20.0. The van der Waals surface area contributed by atoms with Crippen molar-refractivity contribution in [3.8, 4) is 0 Å². The van der Waals surface area contributed by atoms with Crippen molar-refractivity contribution in [1.82, 2.24) is 4.90 Å². The molecule has 6 heteroatoms. The molecule has 5 rings (SSSR count). The Labute approximate surface area is 205 Å². The van der Waals surface area contributed by atoms with Crippen LogP contribution in [-0.2, 0) is 15.1 Å². The summed E-state index contributed by atoms with van der Waals surface area (Å²) in [6.07, 6.45) is 1.29. The summed E-state index contributed by atoms with van der Waals surface area (Å²) in [6, 6.07) is 28.1. The van der Waals surface area contributed by atoms with Crippen molar-refractivity contribution in [2.45, 2.75) is 48.7 Å². The topological polar surface area (TPSA) is 72.7 Å². The number of nitrogens with zero attached hydrogens (tertiary/aromatic N) is 2. The monoisotopic (exact) mass is 470 g/mol. The zero-order valence-electron chi connectivity index (χ0n) is 20.0. The normalized spacial score (nSPS) is 28.9. The Morgan fingerprint density at radius 1 is 1.00 bits per heavy atom. The fourth-order valence-electron chi connectivity index (χ4n) is 6.97. The molecule has 0 bridgehead atoms. The van der Waals surface area contributed by atoms with Gasteiger partial charge in [-0.05, 0) is 30.5 Å². The van der Waals surface area contributed by atoms with Gasteiger partial charge in [0.05, 0.1) is 19.1 Å². The molecule has 2 saturated heterocycles. The Bertz CT molecular complexity index is 1200. The van der Waals surface area contributed by atoms with Crippen LogP contribution < -0.4 is 0 Å². The lowest BCUT2D eigenvalue weighted by molar-refractivity contribution is -0.587. The van der Waals surface area contributed by atoms with Crippen molar-refractivity contribution in [1.29, 1.82) is 0 Å². The molecular formula is C29H30N2O4. The maximum Gasteiger partial charge on any atom is 0.327 e. The second-order valence-electron chi connectivity index (χ2n) is 9.65. The number of fused-ring (bicyclic) bond motifs is 1. The third-order valence-electron chi connectivity index (χ3n) is 8.18. The molecule has 0 amide bonds. The quantitative estimate of drug-likeness (QED) is 0.284. The second-order valence-corrected chi connectivity index (χ2v) is 9.65. The highest BCUT2D eigenvalue weighted by atomic mass is 16.6. The molecule has 2 aliphatic heterocycles. The summed E-state index contributed by atoms with van der Waals surface area (Å²) in [5, 5.41) is 13.6. The number of methoxy groups -OCH3 is 1. The first-order chi connectivity index (χ1) is 17.0. The molecule has 35 heavy (non-hydrogen) atoms. The molecule has 2 aliphatic rings. The van der Waals surface area contributed by atoms with Crippen LogP contribution in [0, 0.1) is 10.1 Å². The standard InChI is InChI=1S/C29H30N2O4/c1-21(22-13-6-3-7-14-22)26-29(31(33)34,24-17-10-5-11-18-24)25(23-15-8-4-9-16-23)28(27(32)35-2)19-12-20-30(26)28/h3-11,13-18,21,25-26H,12,19-20H2,1-2H3/t21?,25-,26+,28-,29+/m1/s1. The maximum absolute atomic E-state index is 13.8. The van der Waals surface area contributed by atoms with Gasteiger partial charge >= 0.3 is 5.97 Å². The molecule has 3 aromatic carbocycles. The third-order valence-corrected chi connectivity index (χ3v) is 8.18. The molecule has 0 N–H and O–H groups in total. The highest BCUT2D eigenvalue weighted by Crippen LogP contribution is 2.64. The van der Waals surface area contributed by atoms with E-state index >= 15 is 0 Å². The molecule has 180 valence electrons. The van der Waals surface area contributed by atoms with Gasteiger partial charge < -0.3 is 4.74 Å². The summed E-state index contributed by atoms with van der Waals surface area (Å²) >= 11 is 0. The number of rotatable bonds is 6. The number of carbonyl (C=O) groups is 1. The van der Waals surface area contributed by atoms with Crippen molar-refractivity contribution in [2.75, 3.05) is 13.7 Å². The van der Waals surface area contributed by atoms with Crippen LogP contribution in [0.4, 0.5) is 0 Å². The number of esters is 1. The minimum atomic E-state index is -1.56. The average Bonchev–Trinajstić information content (AvgIpc) is 3.44. The maximum atomic E-state index is 13.8. The summed E-state index contributed by atoms with van der Waals surface area (Å²) in [5.41, 5.74) is -0.282. The van der Waals surface area contributed by atoms with Gasteiger partial charge in [0.1, 0.15) is 5.54 Å². The first-order valence-corrected chi connectivity index (χ1v) is 12.1. The van der Waals surface area contributed by atoms with Gasteiger partial charge in [0.2, 0.25) is 0 Å². The van der Waals surface area contributed by atoms with E-state index in [0.717, 1.165) is 17.5 Å². The highest BCUT2D eigenvalue weighted by Gasteiger charge is 2.79. The molecule has 0 spiro atoms. The van der Waals surface area contributed by atoms with E-state index in [4.69, 9.17) is 4.74 Å². The fourth-order valence-corrected chi connectivity index (χ4v) is 6.97. The van der Waals surface area contributed by atoms with Gasteiger partial charge in [-0.3, -0.25) is 19.8 Å². The summed E-state index contributed by atoms with van der Waals surface area (Å²) in [6.45, 7) is 2.65. The smallest absolute Gasteiger partial charge is 0.327 e. The fraction of sp³-hybridized carbons (Fsp3) is 0.345. The molecular weight excluding hydrogens is 440 g/mol. The van der Waals surface area contributed by atoms with Crippen molar-refractivity contribution >= 4 is 5.97 Å². The van der Waals surface area contributed by atoms with Crippen LogP contribution in [0.2, 0.25) is 0 Å². The number of hydrogen-bond acceptors (Lipinski definition) is 5. The molecule has 6 nitrogen and oxygen atoms in total. The molecule has 3 aromatic rings. The summed E-state index contributed by atoms with van der Waals surface area (Å²) < 4.78 is 5.43. The van der Waals surface area contributed by atoms with Crippen molar-refractivity contribution in [3.63, 3.8) is 0 Å². The van der Waals surface area contributed by atoms with E-state index in [1.807, 2.05) is 91.0 Å². The lowest BCUT2D eigenvalue weighted by Gasteiger charge is -2.37. The van der Waals surface area contributed by atoms with Gasteiger partial charge in [-0.1, -0.05) is 97.9 Å². The number of ether oxygens (including phenoxy) is 1. The Hall–Kier alpha value is -3.51. The molecule has 5 atom stereocenters. The molecule has 2 fully saturated rings. The van der Waals surface area contributed by atoms with Crippen molar-refractivity contribution in [3.05, 3.63) is 118 Å². The van der Waals surface area contributed by atoms with Crippen LogP contribution in [0.5, 0.6) is 0 Å². The number of carbonyl (C=O) groups excluding carboxylic acids is 1. The van der Waals surface area contributed by atoms with E-state index in [-0.39, 0.29) is 10.8 Å². The molecule has 0 radical (unpaired) electrons. The van der Waals surface area contributed by atoms with Crippen LogP contribution in [0.25, 0.3) is 0 Å². The van der Waals surface area contributed by atoms with Crippen molar-refractivity contribution < 1.29 is 14.5 Å². The zero-order chi connectivity index (χ0) is 24.6. The average molecular weight is 471 g/mol. The lowest BCUT2D eigenvalue weighted by Crippen LogP contribution is -2.52. The Morgan fingerprint density at radius 3 is 2.14 bits per heavy atom. The summed E-state index contributed by atoms with van der Waals surface area (Å²) in [5.74, 6) is -1.33. The predicted octanol–water partition coefficient (Wildman–Crippen LogP) is 5.14. The molecule has 0 aliphatic carbocycles. The number of benzene rings is 3. The van der Waals surface area contributed by atoms with E-state index < -0.39 is 29.0 Å². The first kappa shape index (κ1) is 23.2. The number of hydrogen-bond donors (Lipinski definition) is 0. The van der Waals surface area contributed by atoms with Crippen LogP contribution in [0.1, 0.15) is 48.3 Å². The van der Waals surface area contributed by atoms with Crippen LogP contribution in [0.15, 0.2) is 91.0 Å². The van der Waals surface area contributed by atoms with Gasteiger partial charge in [-0.15, -0.1) is 0 Å². The van der Waals surface area contributed by atoms with Crippen LogP contribution in [0.3, 0.4) is 0 Å². The van der Waals surface area contributed by atoms with E-state index in [1.165, 1.54) is 7.11 Å².